The lowest BCUT2D eigenvalue weighted by molar-refractivity contribution is 0.467. The lowest BCUT2D eigenvalue weighted by atomic mass is 10.3. The van der Waals surface area contributed by atoms with E-state index in [0.29, 0.717) is 17.2 Å². The molecule has 0 radical (unpaired) electrons. The van der Waals surface area contributed by atoms with Crippen LogP contribution in [0.3, 0.4) is 0 Å². The second-order valence-electron chi connectivity index (χ2n) is 7.60. The van der Waals surface area contributed by atoms with E-state index < -0.39 is 7.27 Å². The molecule has 0 spiro atoms. The number of ether oxygens (including phenoxy) is 3. The maximum absolute atomic E-state index is 7.27. The summed E-state index contributed by atoms with van der Waals surface area (Å²) in [5, 5.41) is 1.65. The average molecular weight is 497 g/mol. The lowest BCUT2D eigenvalue weighted by Crippen LogP contribution is -2.14. The van der Waals surface area contributed by atoms with Crippen LogP contribution in [0.2, 0.25) is 0 Å². The third kappa shape index (κ3) is 5.66. The third-order valence-corrected chi connectivity index (χ3v) is 7.83. The molecule has 172 valence electrons. The zero-order valence-electron chi connectivity index (χ0n) is 18.8. The molecule has 0 aliphatic carbocycles. The number of halogens is 1. The zero-order valence-corrected chi connectivity index (χ0v) is 20.4. The molecule has 1 atom stereocenters. The summed E-state index contributed by atoms with van der Waals surface area (Å²) < 4.78 is 18.8. The van der Waals surface area contributed by atoms with E-state index in [1.807, 2.05) is 133 Å². The van der Waals surface area contributed by atoms with Gasteiger partial charge in [0.2, 0.25) is 0 Å². The van der Waals surface area contributed by atoms with Gasteiger partial charge in [-0.1, -0.05) is 84.0 Å². The summed E-state index contributed by atoms with van der Waals surface area (Å²) in [6.45, 7) is 0. The first-order valence-electron chi connectivity index (χ1n) is 11.1. The van der Waals surface area contributed by atoms with Gasteiger partial charge in [0.15, 0.2) is 0 Å². The van der Waals surface area contributed by atoms with Crippen LogP contribution < -0.4 is 24.8 Å². The molecule has 0 fully saturated rings. The van der Waals surface area contributed by atoms with Crippen LogP contribution in [0.4, 0.5) is 0 Å². The lowest BCUT2D eigenvalue weighted by Gasteiger charge is -2.21. The predicted molar refractivity (Wildman–Crippen MR) is 144 cm³/mol. The largest absolute Gasteiger partial charge is 0.457 e. The summed E-state index contributed by atoms with van der Waals surface area (Å²) in [6.07, 6.45) is 0. The molecule has 5 rings (SSSR count). The van der Waals surface area contributed by atoms with Crippen LogP contribution in [-0.4, -0.2) is 0 Å². The van der Waals surface area contributed by atoms with E-state index in [1.165, 1.54) is 0 Å². The van der Waals surface area contributed by atoms with E-state index in [9.17, 15) is 0 Å². The molecule has 0 aromatic heterocycles. The standard InChI is InChI=1S/C30H22ClO3P/c31-35(29-22-11-10-19-26(29)32-23-13-4-1-5-14-23)30-27(33-24-15-6-2-7-16-24)20-12-21-28(30)34-25-17-8-3-9-18-25/h1-22H. The molecule has 0 saturated carbocycles. The fourth-order valence-corrected chi connectivity index (χ4v) is 5.85. The molecule has 3 nitrogen and oxygen atoms in total. The number of hydrogen-bond acceptors (Lipinski definition) is 3. The highest BCUT2D eigenvalue weighted by molar-refractivity contribution is 7.96. The van der Waals surface area contributed by atoms with E-state index in [0.717, 1.165) is 27.9 Å². The molecular weight excluding hydrogens is 475 g/mol. The van der Waals surface area contributed by atoms with Crippen LogP contribution in [-0.2, 0) is 0 Å². The van der Waals surface area contributed by atoms with Gasteiger partial charge in [-0.2, -0.15) is 0 Å². The van der Waals surface area contributed by atoms with Crippen LogP contribution in [0.25, 0.3) is 0 Å². The third-order valence-electron chi connectivity index (χ3n) is 5.15. The minimum atomic E-state index is -1.42. The molecule has 35 heavy (non-hydrogen) atoms. The topological polar surface area (TPSA) is 27.7 Å². The van der Waals surface area contributed by atoms with Crippen molar-refractivity contribution in [1.29, 1.82) is 0 Å². The highest BCUT2D eigenvalue weighted by Crippen LogP contribution is 2.49. The molecule has 0 aliphatic rings. The minimum absolute atomic E-state index is 0.639. The fourth-order valence-electron chi connectivity index (χ4n) is 3.53. The second kappa shape index (κ2) is 11.1. The Morgan fingerprint density at radius 3 is 1.26 bits per heavy atom. The van der Waals surface area contributed by atoms with Gasteiger partial charge in [0.05, 0.1) is 12.6 Å². The Labute approximate surface area is 211 Å². The van der Waals surface area contributed by atoms with Crippen molar-refractivity contribution < 1.29 is 14.2 Å². The van der Waals surface area contributed by atoms with E-state index in [-0.39, 0.29) is 0 Å². The summed E-state index contributed by atoms with van der Waals surface area (Å²) >= 11 is 7.27. The van der Waals surface area contributed by atoms with Crippen LogP contribution in [0.5, 0.6) is 34.5 Å². The van der Waals surface area contributed by atoms with Crippen LogP contribution in [0.15, 0.2) is 133 Å². The van der Waals surface area contributed by atoms with Gasteiger partial charge in [-0.25, -0.2) is 0 Å². The monoisotopic (exact) mass is 496 g/mol. The van der Waals surface area contributed by atoms with Gasteiger partial charge in [-0.05, 0) is 60.7 Å². The van der Waals surface area contributed by atoms with Gasteiger partial charge in [-0.15, -0.1) is 0 Å². The van der Waals surface area contributed by atoms with Gasteiger partial charge in [-0.3, -0.25) is 0 Å². The smallest absolute Gasteiger partial charge is 0.140 e. The molecule has 1 unspecified atom stereocenters. The van der Waals surface area contributed by atoms with Crippen molar-refractivity contribution in [2.24, 2.45) is 0 Å². The minimum Gasteiger partial charge on any atom is -0.457 e. The molecule has 0 heterocycles. The van der Waals surface area contributed by atoms with Crippen molar-refractivity contribution in [1.82, 2.24) is 0 Å². The normalized spacial score (nSPS) is 11.5. The molecule has 5 heteroatoms. The zero-order chi connectivity index (χ0) is 23.9. The Balaban J connectivity index is 1.58. The SMILES string of the molecule is ClP(c1ccccc1Oc1ccccc1)c1c(Oc2ccccc2)cccc1Oc1ccccc1. The van der Waals surface area contributed by atoms with Gasteiger partial charge < -0.3 is 14.2 Å². The van der Waals surface area contributed by atoms with Crippen LogP contribution in [0.1, 0.15) is 0 Å². The molecule has 0 N–H and O–H groups in total. The summed E-state index contributed by atoms with van der Waals surface area (Å²) in [5.41, 5.74) is 0. The van der Waals surface area contributed by atoms with Crippen molar-refractivity contribution in [3.63, 3.8) is 0 Å². The Hall–Kier alpha value is -3.78. The first-order chi connectivity index (χ1) is 17.3. The highest BCUT2D eigenvalue weighted by atomic mass is 35.7. The number of rotatable bonds is 8. The number of benzene rings is 5. The summed E-state index contributed by atoms with van der Waals surface area (Å²) in [6, 6.07) is 42.5. The van der Waals surface area contributed by atoms with E-state index >= 15 is 0 Å². The number of hydrogen-bond donors (Lipinski definition) is 0. The van der Waals surface area contributed by atoms with Crippen LogP contribution >= 0.6 is 18.5 Å². The summed E-state index contributed by atoms with van der Waals surface area (Å²) in [7, 11) is -1.42. The second-order valence-corrected chi connectivity index (χ2v) is 10.1. The molecule has 0 bridgehead atoms. The van der Waals surface area contributed by atoms with E-state index in [4.69, 9.17) is 25.5 Å². The van der Waals surface area contributed by atoms with Gasteiger partial charge in [0.25, 0.3) is 0 Å². The highest BCUT2D eigenvalue weighted by Gasteiger charge is 2.25. The number of para-hydroxylation sites is 4. The molecule has 0 saturated heterocycles. The molecule has 0 aliphatic heterocycles. The Bertz CT molecular complexity index is 1320. The molecule has 0 amide bonds. The molecular formula is C30H22ClO3P. The van der Waals surface area contributed by atoms with Gasteiger partial charge in [0.1, 0.15) is 34.5 Å². The van der Waals surface area contributed by atoms with Crippen molar-refractivity contribution in [3.8, 4) is 34.5 Å². The summed E-state index contributed by atoms with van der Waals surface area (Å²) in [5.74, 6) is 4.16. The van der Waals surface area contributed by atoms with Gasteiger partial charge in [0, 0.05) is 5.30 Å². The van der Waals surface area contributed by atoms with E-state index in [1.54, 1.807) is 0 Å². The first-order valence-corrected chi connectivity index (χ1v) is 13.4. The fraction of sp³-hybridized carbons (Fsp3) is 0. The van der Waals surface area contributed by atoms with Crippen molar-refractivity contribution >= 4 is 29.1 Å². The molecule has 5 aromatic rings. The Morgan fingerprint density at radius 1 is 0.400 bits per heavy atom. The van der Waals surface area contributed by atoms with Crippen molar-refractivity contribution in [2.75, 3.05) is 0 Å². The summed E-state index contributed by atoms with van der Waals surface area (Å²) in [4.78, 5) is 0. The van der Waals surface area contributed by atoms with Crippen molar-refractivity contribution in [2.45, 2.75) is 0 Å². The maximum Gasteiger partial charge on any atom is 0.140 e. The maximum atomic E-state index is 7.27. The van der Waals surface area contributed by atoms with Crippen LogP contribution in [0, 0.1) is 0 Å². The first kappa shape index (κ1) is 23.0. The quantitative estimate of drug-likeness (QED) is 0.201. The molecule has 5 aromatic carbocycles. The predicted octanol–water partition coefficient (Wildman–Crippen LogP) is 8.65. The van der Waals surface area contributed by atoms with Crippen molar-refractivity contribution in [3.05, 3.63) is 133 Å². The average Bonchev–Trinajstić information content (AvgIpc) is 2.91. The Morgan fingerprint density at radius 2 is 0.771 bits per heavy atom. The van der Waals surface area contributed by atoms with E-state index in [2.05, 4.69) is 0 Å². The Kier molecular flexibility index (Phi) is 7.29. The van der Waals surface area contributed by atoms with Gasteiger partial charge >= 0.3 is 0 Å².